The summed E-state index contributed by atoms with van der Waals surface area (Å²) in [4.78, 5) is 0. The van der Waals surface area contributed by atoms with Gasteiger partial charge in [0.05, 0.1) is 5.69 Å². The summed E-state index contributed by atoms with van der Waals surface area (Å²) in [6.07, 6.45) is 8.04. The Kier molecular flexibility index (Phi) is 5.50. The van der Waals surface area contributed by atoms with E-state index in [-0.39, 0.29) is 0 Å². The molecule has 1 unspecified atom stereocenters. The number of hydrogen-bond donors (Lipinski definition) is 2. The summed E-state index contributed by atoms with van der Waals surface area (Å²) in [5.41, 5.74) is 2.87. The van der Waals surface area contributed by atoms with E-state index >= 15 is 0 Å². The minimum atomic E-state index is -0.453. The molecule has 22 heavy (non-hydrogen) atoms. The monoisotopic (exact) mass is 298 g/mol. The quantitative estimate of drug-likeness (QED) is 0.781. The van der Waals surface area contributed by atoms with Gasteiger partial charge in [-0.1, -0.05) is 38.1 Å². The Morgan fingerprint density at radius 3 is 2.59 bits per heavy atom. The van der Waals surface area contributed by atoms with Crippen molar-refractivity contribution in [3.63, 3.8) is 0 Å². The van der Waals surface area contributed by atoms with Crippen molar-refractivity contribution in [2.45, 2.75) is 32.4 Å². The van der Waals surface area contributed by atoms with Gasteiger partial charge in [-0.25, -0.2) is 0 Å². The fourth-order valence-corrected chi connectivity index (χ4v) is 2.49. The Morgan fingerprint density at radius 1 is 1.23 bits per heavy atom. The average Bonchev–Trinajstić information content (AvgIpc) is 2.54. The first-order valence-electron chi connectivity index (χ1n) is 7.85. The van der Waals surface area contributed by atoms with Crippen LogP contribution in [0.2, 0.25) is 0 Å². The highest BCUT2D eigenvalue weighted by atomic mass is 15.3. The first-order chi connectivity index (χ1) is 10.6. The molecule has 0 radical (unpaired) electrons. The van der Waals surface area contributed by atoms with E-state index < -0.39 is 5.66 Å². The van der Waals surface area contributed by atoms with Crippen molar-refractivity contribution in [3.05, 3.63) is 53.8 Å². The molecule has 0 saturated carbocycles. The lowest BCUT2D eigenvalue weighted by Crippen LogP contribution is -2.39. The van der Waals surface area contributed by atoms with E-state index in [0.717, 1.165) is 24.2 Å². The van der Waals surface area contributed by atoms with Crippen LogP contribution in [0.15, 0.2) is 58.4 Å². The zero-order valence-corrected chi connectivity index (χ0v) is 13.9. The Bertz CT molecular complexity index is 587. The summed E-state index contributed by atoms with van der Waals surface area (Å²) < 4.78 is 0. The number of nitrogens with one attached hydrogen (secondary N) is 2. The highest BCUT2D eigenvalue weighted by molar-refractivity contribution is 5.45. The van der Waals surface area contributed by atoms with Crippen molar-refractivity contribution < 1.29 is 0 Å². The molecule has 4 nitrogen and oxygen atoms in total. The third kappa shape index (κ3) is 4.04. The van der Waals surface area contributed by atoms with Crippen molar-refractivity contribution in [1.29, 1.82) is 0 Å². The molecule has 2 N–H and O–H groups in total. The Hall–Kier alpha value is -1.94. The van der Waals surface area contributed by atoms with Crippen LogP contribution >= 0.6 is 0 Å². The van der Waals surface area contributed by atoms with Crippen LogP contribution in [0.4, 0.5) is 5.69 Å². The molecule has 1 aliphatic carbocycles. The van der Waals surface area contributed by atoms with Crippen LogP contribution in [0.1, 0.15) is 25.8 Å². The van der Waals surface area contributed by atoms with Gasteiger partial charge in [0, 0.05) is 19.2 Å². The van der Waals surface area contributed by atoms with Crippen molar-refractivity contribution in [1.82, 2.24) is 10.6 Å². The van der Waals surface area contributed by atoms with Gasteiger partial charge in [-0.15, -0.1) is 0 Å². The summed E-state index contributed by atoms with van der Waals surface area (Å²) in [5, 5.41) is 15.6. The second-order valence-electron chi connectivity index (χ2n) is 6.05. The summed E-state index contributed by atoms with van der Waals surface area (Å²) in [7, 11) is 3.84. The molecule has 0 aromatic heterocycles. The third-order valence-corrected chi connectivity index (χ3v) is 3.85. The maximum absolute atomic E-state index is 4.59. The van der Waals surface area contributed by atoms with Crippen molar-refractivity contribution >= 4 is 5.69 Å². The number of nitrogens with zero attached hydrogens (tertiary/aromatic N) is 2. The molecule has 2 rings (SSSR count). The Morgan fingerprint density at radius 2 is 2.00 bits per heavy atom. The van der Waals surface area contributed by atoms with Crippen LogP contribution < -0.4 is 10.6 Å². The number of likely N-dealkylation sites (N-methyl/N-ethyl adjacent to an activating group) is 2. The molecule has 1 aromatic rings. The lowest BCUT2D eigenvalue weighted by molar-refractivity contribution is 0.436. The normalized spacial score (nSPS) is 21.4. The van der Waals surface area contributed by atoms with E-state index in [1.807, 2.05) is 32.3 Å². The van der Waals surface area contributed by atoms with E-state index in [2.05, 4.69) is 59.0 Å². The van der Waals surface area contributed by atoms with E-state index in [9.17, 15) is 0 Å². The summed E-state index contributed by atoms with van der Waals surface area (Å²) in [5.74, 6) is 0.602. The molecule has 0 heterocycles. The molecule has 4 heteroatoms. The molecule has 1 aliphatic rings. The number of rotatable bonds is 6. The first-order valence-corrected chi connectivity index (χ1v) is 7.85. The first kappa shape index (κ1) is 16.4. The van der Waals surface area contributed by atoms with Crippen LogP contribution in [-0.4, -0.2) is 19.8 Å². The highest BCUT2D eigenvalue weighted by Crippen LogP contribution is 2.27. The third-order valence-electron chi connectivity index (χ3n) is 3.85. The topological polar surface area (TPSA) is 48.8 Å². The predicted molar refractivity (Wildman–Crippen MR) is 92.2 cm³/mol. The van der Waals surface area contributed by atoms with Gasteiger partial charge in [0.15, 0.2) is 5.66 Å². The fourth-order valence-electron chi connectivity index (χ4n) is 2.49. The van der Waals surface area contributed by atoms with Crippen LogP contribution in [0.3, 0.4) is 0 Å². The van der Waals surface area contributed by atoms with Crippen LogP contribution in [-0.2, 0) is 6.42 Å². The molecular formula is C18H26N4. The van der Waals surface area contributed by atoms with Gasteiger partial charge >= 0.3 is 0 Å². The molecule has 1 atom stereocenters. The Balaban J connectivity index is 2.21. The van der Waals surface area contributed by atoms with Gasteiger partial charge in [-0.3, -0.25) is 5.32 Å². The van der Waals surface area contributed by atoms with Gasteiger partial charge in [0.25, 0.3) is 0 Å². The largest absolute Gasteiger partial charge is 0.388 e. The number of allylic oxidation sites excluding steroid dienone is 1. The highest BCUT2D eigenvalue weighted by Gasteiger charge is 2.26. The van der Waals surface area contributed by atoms with Gasteiger partial charge in [0.1, 0.15) is 0 Å². The Labute approximate surface area is 133 Å². The van der Waals surface area contributed by atoms with E-state index in [1.54, 1.807) is 0 Å². The molecule has 0 bridgehead atoms. The van der Waals surface area contributed by atoms with Gasteiger partial charge in [-0.05, 0) is 43.2 Å². The fraction of sp³-hybridized carbons (Fsp3) is 0.444. The van der Waals surface area contributed by atoms with Crippen LogP contribution in [0.5, 0.6) is 0 Å². The minimum Gasteiger partial charge on any atom is -0.388 e. The van der Waals surface area contributed by atoms with E-state index in [0.29, 0.717) is 5.92 Å². The molecule has 0 amide bonds. The number of benzene rings is 1. The molecule has 1 aromatic carbocycles. The van der Waals surface area contributed by atoms with Crippen molar-refractivity contribution in [2.75, 3.05) is 14.1 Å². The molecule has 118 valence electrons. The molecule has 0 spiro atoms. The second kappa shape index (κ2) is 7.36. The average molecular weight is 298 g/mol. The summed E-state index contributed by atoms with van der Waals surface area (Å²) >= 11 is 0. The molecule has 0 aliphatic heterocycles. The van der Waals surface area contributed by atoms with Gasteiger partial charge in [0.2, 0.25) is 0 Å². The van der Waals surface area contributed by atoms with Gasteiger partial charge in [-0.2, -0.15) is 10.2 Å². The smallest absolute Gasteiger partial charge is 0.154 e. The SMILES string of the molecule is CNC1=CCC(N=Nc2ccccc2CC(C)C)(NC)C=C1. The minimum absolute atomic E-state index is 0.453. The van der Waals surface area contributed by atoms with Crippen molar-refractivity contribution in [3.8, 4) is 0 Å². The van der Waals surface area contributed by atoms with E-state index in [4.69, 9.17) is 0 Å². The zero-order chi connectivity index (χ0) is 16.0. The lowest BCUT2D eigenvalue weighted by Gasteiger charge is -2.26. The number of hydrogen-bond acceptors (Lipinski definition) is 4. The molecular weight excluding hydrogens is 272 g/mol. The molecule has 0 fully saturated rings. The summed E-state index contributed by atoms with van der Waals surface area (Å²) in [6, 6.07) is 8.25. The number of azo groups is 1. The molecule has 0 saturated heterocycles. The van der Waals surface area contributed by atoms with Gasteiger partial charge < -0.3 is 5.32 Å². The zero-order valence-electron chi connectivity index (χ0n) is 13.9. The lowest BCUT2D eigenvalue weighted by atomic mass is 10.0. The maximum Gasteiger partial charge on any atom is 0.154 e. The van der Waals surface area contributed by atoms with E-state index in [1.165, 1.54) is 5.56 Å². The van der Waals surface area contributed by atoms with Crippen LogP contribution in [0.25, 0.3) is 0 Å². The second-order valence-corrected chi connectivity index (χ2v) is 6.05. The maximum atomic E-state index is 4.59. The van der Waals surface area contributed by atoms with Crippen molar-refractivity contribution in [2.24, 2.45) is 16.1 Å². The summed E-state index contributed by atoms with van der Waals surface area (Å²) in [6.45, 7) is 4.44. The predicted octanol–water partition coefficient (Wildman–Crippen LogP) is 3.95. The van der Waals surface area contributed by atoms with Crippen LogP contribution in [0, 0.1) is 5.92 Å². The standard InChI is InChI=1S/C18H26N4/c1-14(2)13-15-7-5-6-8-17(15)21-22-18(20-4)11-9-16(19-3)10-12-18/h5-11,14,19-20H,12-13H2,1-4H3.